The molecule has 2 nitrogen and oxygen atoms in total. The molecule has 0 heterocycles. The molecule has 56 valence electrons. The van der Waals surface area contributed by atoms with Crippen molar-refractivity contribution in [3.8, 4) is 0 Å². The molecule has 0 unspecified atom stereocenters. The van der Waals surface area contributed by atoms with E-state index < -0.39 is 10.5 Å². The fraction of sp³-hybridized carbons (Fsp3) is 0.750. The SMILES string of the molecule is CCOC(=O)[C](F)(F)[Zn+].[Br-]. The van der Waals surface area contributed by atoms with E-state index in [2.05, 4.69) is 4.74 Å². The van der Waals surface area contributed by atoms with Crippen molar-refractivity contribution in [1.29, 1.82) is 0 Å². The molecule has 0 aliphatic heterocycles. The van der Waals surface area contributed by atoms with Gasteiger partial charge in [-0.25, -0.2) is 0 Å². The van der Waals surface area contributed by atoms with Gasteiger partial charge in [0.15, 0.2) is 0 Å². The van der Waals surface area contributed by atoms with E-state index in [-0.39, 0.29) is 41.9 Å². The number of hydrogen-bond acceptors (Lipinski definition) is 2. The fourth-order valence-electron chi connectivity index (χ4n) is 0.237. The van der Waals surface area contributed by atoms with E-state index >= 15 is 0 Å². The van der Waals surface area contributed by atoms with Gasteiger partial charge in [0.1, 0.15) is 0 Å². The summed E-state index contributed by atoms with van der Waals surface area (Å²) in [6.07, 6.45) is 0. The molecule has 0 saturated carbocycles. The van der Waals surface area contributed by atoms with Gasteiger partial charge in [0.05, 0.1) is 0 Å². The molecule has 0 aliphatic carbocycles. The van der Waals surface area contributed by atoms with Gasteiger partial charge >= 0.3 is 60.6 Å². The van der Waals surface area contributed by atoms with E-state index in [1.54, 1.807) is 0 Å². The van der Waals surface area contributed by atoms with Crippen molar-refractivity contribution in [2.24, 2.45) is 0 Å². The number of halogens is 3. The molecule has 0 atom stereocenters. The van der Waals surface area contributed by atoms with Gasteiger partial charge in [-0.15, -0.1) is 0 Å². The van der Waals surface area contributed by atoms with Crippen LogP contribution in [0.4, 0.5) is 8.78 Å². The third kappa shape index (κ3) is 5.24. The number of hydrogen-bond donors (Lipinski definition) is 0. The van der Waals surface area contributed by atoms with Crippen LogP contribution in [0.25, 0.3) is 0 Å². The van der Waals surface area contributed by atoms with Crippen LogP contribution in [0.3, 0.4) is 0 Å². The van der Waals surface area contributed by atoms with E-state index in [0.29, 0.717) is 0 Å². The van der Waals surface area contributed by atoms with Crippen LogP contribution in [0.15, 0.2) is 0 Å². The molecule has 0 fully saturated rings. The largest absolute Gasteiger partial charge is 1.00 e. The van der Waals surface area contributed by atoms with Crippen molar-refractivity contribution < 1.29 is 53.6 Å². The van der Waals surface area contributed by atoms with Crippen LogP contribution in [0, 0.1) is 0 Å². The molecule has 10 heavy (non-hydrogen) atoms. The van der Waals surface area contributed by atoms with Crippen molar-refractivity contribution in [3.05, 3.63) is 0 Å². The van der Waals surface area contributed by atoms with Crippen LogP contribution >= 0.6 is 0 Å². The Balaban J connectivity index is 0. The maximum absolute atomic E-state index is 11.9. The molecule has 0 aromatic rings. The van der Waals surface area contributed by atoms with Crippen molar-refractivity contribution in [3.63, 3.8) is 0 Å². The van der Waals surface area contributed by atoms with Gasteiger partial charge in [0, 0.05) is 0 Å². The Labute approximate surface area is 77.8 Å². The molecule has 0 aromatic carbocycles. The van der Waals surface area contributed by atoms with Crippen LogP contribution < -0.4 is 17.0 Å². The second-order valence-electron chi connectivity index (χ2n) is 1.42. The smallest absolute Gasteiger partial charge is 1.00 e. The van der Waals surface area contributed by atoms with Gasteiger partial charge in [-0.3, -0.25) is 0 Å². The van der Waals surface area contributed by atoms with E-state index in [0.717, 1.165) is 0 Å². The molecular weight excluding hydrogens is 263 g/mol. The quantitative estimate of drug-likeness (QED) is 0.416. The molecule has 0 saturated heterocycles. The van der Waals surface area contributed by atoms with Crippen LogP contribution in [-0.2, 0) is 27.8 Å². The Bertz CT molecular complexity index is 114. The molecule has 0 spiro atoms. The van der Waals surface area contributed by atoms with Crippen LogP contribution in [0.2, 0.25) is 0 Å². The molecule has 0 radical (unpaired) electrons. The van der Waals surface area contributed by atoms with Gasteiger partial charge in [0.25, 0.3) is 0 Å². The number of alkyl halides is 2. The molecule has 0 aromatic heterocycles. The van der Waals surface area contributed by atoms with Crippen LogP contribution in [-0.4, -0.2) is 17.1 Å². The zero-order valence-corrected chi connectivity index (χ0v) is 9.92. The normalized spacial score (nSPS) is 10.1. The number of rotatable bonds is 2. The Kier molecular flexibility index (Phi) is 6.70. The molecule has 0 amide bonds. The summed E-state index contributed by atoms with van der Waals surface area (Å²) in [5.41, 5.74) is 0. The van der Waals surface area contributed by atoms with Crippen molar-refractivity contribution in [2.75, 3.05) is 6.61 Å². The van der Waals surface area contributed by atoms with Crippen LogP contribution in [0.1, 0.15) is 6.92 Å². The predicted molar refractivity (Wildman–Crippen MR) is 21.6 cm³/mol. The summed E-state index contributed by atoms with van der Waals surface area (Å²) in [7, 11) is 0. The molecule has 0 rings (SSSR count). The van der Waals surface area contributed by atoms with Crippen molar-refractivity contribution in [1.82, 2.24) is 0 Å². The summed E-state index contributed by atoms with van der Waals surface area (Å²) in [5, 5.41) is 0. The standard InChI is InChI=1S/C4H5F2O2.BrH.Zn/c1-2-8-4(7)3(5)6;;/h2H2,1H3;1H;/q;;+1/p-1. The first-order valence-electron chi connectivity index (χ1n) is 2.39. The van der Waals surface area contributed by atoms with Gasteiger partial charge in [-0.2, -0.15) is 0 Å². The summed E-state index contributed by atoms with van der Waals surface area (Å²) >= 11 is -0.383. The van der Waals surface area contributed by atoms with Gasteiger partial charge < -0.3 is 17.0 Å². The second-order valence-corrected chi connectivity index (χ2v) is 3.29. The Morgan fingerprint density at radius 2 is 2.10 bits per heavy atom. The Morgan fingerprint density at radius 1 is 1.70 bits per heavy atom. The Morgan fingerprint density at radius 3 is 2.20 bits per heavy atom. The first-order chi connectivity index (χ1) is 3.98. The molecule has 0 bridgehead atoms. The van der Waals surface area contributed by atoms with E-state index in [1.807, 2.05) is 0 Å². The van der Waals surface area contributed by atoms with Crippen molar-refractivity contribution >= 4 is 5.97 Å². The summed E-state index contributed by atoms with van der Waals surface area (Å²) in [5.74, 6) is -1.41. The minimum absolute atomic E-state index is 0. The third-order valence-corrected chi connectivity index (χ3v) is 1.18. The monoisotopic (exact) mass is 266 g/mol. The summed E-state index contributed by atoms with van der Waals surface area (Å²) < 4.78 is 24.6. The summed E-state index contributed by atoms with van der Waals surface area (Å²) in [6, 6.07) is 0. The van der Waals surface area contributed by atoms with Crippen LogP contribution in [0.5, 0.6) is 0 Å². The van der Waals surface area contributed by atoms with Crippen molar-refractivity contribution in [2.45, 2.75) is 11.4 Å². The number of carbonyl (C=O) groups excluding carboxylic acids is 1. The molecular formula is C4H5BrF2O2Zn. The predicted octanol–water partition coefficient (Wildman–Crippen LogP) is -2.31. The zero-order valence-electron chi connectivity index (χ0n) is 5.36. The van der Waals surface area contributed by atoms with E-state index in [1.165, 1.54) is 6.92 Å². The molecule has 0 N–H and O–H groups in total. The zero-order chi connectivity index (χ0) is 7.49. The first kappa shape index (κ1) is 13.1. The Hall–Kier alpha value is 0.433. The minimum Gasteiger partial charge on any atom is -1.00 e. The van der Waals surface area contributed by atoms with Gasteiger partial charge in [0.2, 0.25) is 0 Å². The summed E-state index contributed by atoms with van der Waals surface area (Å²) in [6.45, 7) is 1.50. The second kappa shape index (κ2) is 5.13. The maximum Gasteiger partial charge on any atom is -1.00 e. The minimum atomic E-state index is -3.23. The number of carbonyl (C=O) groups is 1. The van der Waals surface area contributed by atoms with Gasteiger partial charge in [-0.05, 0) is 0 Å². The maximum atomic E-state index is 11.9. The van der Waals surface area contributed by atoms with E-state index in [9.17, 15) is 13.6 Å². The van der Waals surface area contributed by atoms with E-state index in [4.69, 9.17) is 0 Å². The topological polar surface area (TPSA) is 26.3 Å². The number of ether oxygens (including phenoxy) is 1. The average Bonchev–Trinajstić information content (AvgIpc) is 1.64. The average molecular weight is 268 g/mol. The first-order valence-corrected chi connectivity index (χ1v) is 3.87. The molecule has 0 aliphatic rings. The third-order valence-electron chi connectivity index (χ3n) is 0.574. The number of esters is 1. The molecule has 6 heteroatoms. The van der Waals surface area contributed by atoms with Gasteiger partial charge in [-0.1, -0.05) is 0 Å². The summed E-state index contributed by atoms with van der Waals surface area (Å²) in [4.78, 5) is 10.1. The fourth-order valence-corrected chi connectivity index (χ4v) is 0.451.